The zero-order chi connectivity index (χ0) is 13.9. The van der Waals surface area contributed by atoms with Gasteiger partial charge in [0.1, 0.15) is 5.69 Å². The summed E-state index contributed by atoms with van der Waals surface area (Å²) in [6.45, 7) is 2.88. The first-order valence-electron chi connectivity index (χ1n) is 7.21. The molecule has 0 N–H and O–H groups in total. The van der Waals surface area contributed by atoms with Gasteiger partial charge in [0.25, 0.3) is 5.91 Å². The summed E-state index contributed by atoms with van der Waals surface area (Å²) in [6.07, 6.45) is 9.29. The van der Waals surface area contributed by atoms with Gasteiger partial charge < -0.3 is 4.90 Å². The lowest BCUT2D eigenvalue weighted by Crippen LogP contribution is -2.37. The van der Waals surface area contributed by atoms with E-state index in [4.69, 9.17) is 0 Å². The molecular weight excluding hydrogens is 250 g/mol. The first kappa shape index (κ1) is 12.9. The number of hydrogen-bond acceptors (Lipinski definition) is 2. The van der Waals surface area contributed by atoms with E-state index in [9.17, 15) is 4.79 Å². The van der Waals surface area contributed by atoms with Crippen molar-refractivity contribution in [3.05, 3.63) is 48.3 Å². The highest BCUT2D eigenvalue weighted by molar-refractivity contribution is 5.94. The molecule has 0 bridgehead atoms. The molecule has 3 rings (SSSR count). The van der Waals surface area contributed by atoms with E-state index in [2.05, 4.69) is 24.2 Å². The van der Waals surface area contributed by atoms with E-state index in [1.807, 2.05) is 29.2 Å². The molecule has 0 spiro atoms. The van der Waals surface area contributed by atoms with Crippen molar-refractivity contribution in [3.8, 4) is 0 Å². The molecule has 0 aliphatic carbocycles. The summed E-state index contributed by atoms with van der Waals surface area (Å²) in [4.78, 5) is 14.7. The summed E-state index contributed by atoms with van der Waals surface area (Å²) >= 11 is 0. The molecule has 2 aromatic heterocycles. The van der Waals surface area contributed by atoms with E-state index < -0.39 is 0 Å². The second-order valence-electron chi connectivity index (χ2n) is 5.17. The molecule has 0 saturated heterocycles. The standard InChI is InChI=1S/C16H19N3O/c1-2-3-6-13-8-5-12-18(13)16(20)15-9-4-7-14-10-11-17-19(14)15/h4-5,7-11,13H,2-3,6,12H2,1H3. The predicted molar refractivity (Wildman–Crippen MR) is 78.7 cm³/mol. The third kappa shape index (κ3) is 2.22. The molecule has 1 aliphatic rings. The number of carbonyl (C=O) groups is 1. The average Bonchev–Trinajstić information content (AvgIpc) is 3.12. The quantitative estimate of drug-likeness (QED) is 0.800. The molecule has 0 saturated carbocycles. The van der Waals surface area contributed by atoms with Gasteiger partial charge in [-0.1, -0.05) is 38.0 Å². The Morgan fingerprint density at radius 2 is 2.30 bits per heavy atom. The summed E-state index contributed by atoms with van der Waals surface area (Å²) in [5.74, 6) is 0.0606. The van der Waals surface area contributed by atoms with Crippen LogP contribution in [-0.2, 0) is 0 Å². The fourth-order valence-electron chi connectivity index (χ4n) is 2.73. The van der Waals surface area contributed by atoms with Crippen LogP contribution in [0, 0.1) is 0 Å². The fraction of sp³-hybridized carbons (Fsp3) is 0.375. The van der Waals surface area contributed by atoms with Crippen molar-refractivity contribution in [1.29, 1.82) is 0 Å². The van der Waals surface area contributed by atoms with Gasteiger partial charge in [0.05, 0.1) is 17.8 Å². The fourth-order valence-corrected chi connectivity index (χ4v) is 2.73. The van der Waals surface area contributed by atoms with Gasteiger partial charge in [-0.25, -0.2) is 4.52 Å². The van der Waals surface area contributed by atoms with Crippen LogP contribution in [0.3, 0.4) is 0 Å². The molecule has 1 atom stereocenters. The van der Waals surface area contributed by atoms with Crippen molar-refractivity contribution < 1.29 is 4.79 Å². The van der Waals surface area contributed by atoms with Gasteiger partial charge in [0.2, 0.25) is 0 Å². The maximum atomic E-state index is 12.8. The van der Waals surface area contributed by atoms with Crippen molar-refractivity contribution in [3.63, 3.8) is 0 Å². The molecular formula is C16H19N3O. The molecule has 1 unspecified atom stereocenters. The summed E-state index contributed by atoms with van der Waals surface area (Å²) in [7, 11) is 0. The molecule has 1 aliphatic heterocycles. The number of fused-ring (bicyclic) bond motifs is 1. The van der Waals surface area contributed by atoms with Gasteiger partial charge >= 0.3 is 0 Å². The van der Waals surface area contributed by atoms with Crippen molar-refractivity contribution in [2.75, 3.05) is 6.54 Å². The van der Waals surface area contributed by atoms with Crippen LogP contribution in [-0.4, -0.2) is 33.0 Å². The Balaban J connectivity index is 1.87. The zero-order valence-electron chi connectivity index (χ0n) is 11.7. The Kier molecular flexibility index (Phi) is 3.54. The van der Waals surface area contributed by atoms with Crippen molar-refractivity contribution in [2.24, 2.45) is 0 Å². The second kappa shape index (κ2) is 5.49. The molecule has 104 valence electrons. The number of carbonyl (C=O) groups excluding carboxylic acids is 1. The van der Waals surface area contributed by atoms with Crippen LogP contribution < -0.4 is 0 Å². The van der Waals surface area contributed by atoms with E-state index in [1.165, 1.54) is 0 Å². The van der Waals surface area contributed by atoms with E-state index in [0.29, 0.717) is 12.2 Å². The number of rotatable bonds is 4. The topological polar surface area (TPSA) is 37.6 Å². The van der Waals surface area contributed by atoms with Crippen LogP contribution >= 0.6 is 0 Å². The third-order valence-electron chi connectivity index (χ3n) is 3.82. The van der Waals surface area contributed by atoms with E-state index in [1.54, 1.807) is 10.7 Å². The Morgan fingerprint density at radius 1 is 1.40 bits per heavy atom. The number of aromatic nitrogens is 2. The Hall–Kier alpha value is -2.10. The molecule has 4 nitrogen and oxygen atoms in total. The van der Waals surface area contributed by atoms with Gasteiger partial charge in [-0.2, -0.15) is 5.10 Å². The first-order chi connectivity index (χ1) is 9.81. The minimum Gasteiger partial charge on any atom is -0.327 e. The van der Waals surface area contributed by atoms with E-state index >= 15 is 0 Å². The lowest BCUT2D eigenvalue weighted by atomic mass is 10.1. The minimum absolute atomic E-state index is 0.0606. The number of pyridine rings is 1. The lowest BCUT2D eigenvalue weighted by molar-refractivity contribution is 0.0734. The Bertz CT molecular complexity index is 644. The molecule has 4 heteroatoms. The first-order valence-corrected chi connectivity index (χ1v) is 7.21. The maximum Gasteiger partial charge on any atom is 0.273 e. The van der Waals surface area contributed by atoms with Crippen LogP contribution in [0.4, 0.5) is 0 Å². The largest absolute Gasteiger partial charge is 0.327 e. The predicted octanol–water partition coefficient (Wildman–Crippen LogP) is 2.91. The van der Waals surface area contributed by atoms with Gasteiger partial charge in [0, 0.05) is 6.54 Å². The number of hydrogen-bond donors (Lipinski definition) is 0. The summed E-state index contributed by atoms with van der Waals surface area (Å²) in [5.41, 5.74) is 1.59. The van der Waals surface area contributed by atoms with Gasteiger partial charge in [-0.05, 0) is 24.6 Å². The lowest BCUT2D eigenvalue weighted by Gasteiger charge is -2.24. The van der Waals surface area contributed by atoms with Crippen LogP contribution in [0.25, 0.3) is 5.52 Å². The molecule has 2 aromatic rings. The Morgan fingerprint density at radius 3 is 3.15 bits per heavy atom. The minimum atomic E-state index is 0.0606. The molecule has 1 amide bonds. The SMILES string of the molecule is CCCCC1C=CCN1C(=O)c1cccc2ccnn12. The normalized spacial score (nSPS) is 18.1. The molecule has 0 aromatic carbocycles. The molecule has 0 radical (unpaired) electrons. The van der Waals surface area contributed by atoms with E-state index in [-0.39, 0.29) is 11.9 Å². The van der Waals surface area contributed by atoms with Crippen LogP contribution in [0.2, 0.25) is 0 Å². The monoisotopic (exact) mass is 269 g/mol. The second-order valence-corrected chi connectivity index (χ2v) is 5.17. The van der Waals surface area contributed by atoms with Crippen molar-refractivity contribution in [2.45, 2.75) is 32.2 Å². The molecule has 0 fully saturated rings. The van der Waals surface area contributed by atoms with Gasteiger partial charge in [0.15, 0.2) is 0 Å². The number of unbranched alkanes of at least 4 members (excludes halogenated alkanes) is 1. The summed E-state index contributed by atoms with van der Waals surface area (Å²) in [6, 6.07) is 7.86. The highest BCUT2D eigenvalue weighted by Crippen LogP contribution is 2.19. The van der Waals surface area contributed by atoms with Crippen LogP contribution in [0.1, 0.15) is 36.7 Å². The summed E-state index contributed by atoms with van der Waals surface area (Å²) < 4.78 is 1.72. The number of amides is 1. The van der Waals surface area contributed by atoms with Crippen molar-refractivity contribution in [1.82, 2.24) is 14.5 Å². The maximum absolute atomic E-state index is 12.8. The highest BCUT2D eigenvalue weighted by Gasteiger charge is 2.26. The Labute approximate surface area is 118 Å². The van der Waals surface area contributed by atoms with E-state index in [0.717, 1.165) is 24.8 Å². The van der Waals surface area contributed by atoms with Gasteiger partial charge in [-0.3, -0.25) is 4.79 Å². The van der Waals surface area contributed by atoms with Crippen LogP contribution in [0.5, 0.6) is 0 Å². The zero-order valence-corrected chi connectivity index (χ0v) is 11.7. The van der Waals surface area contributed by atoms with Gasteiger partial charge in [-0.15, -0.1) is 0 Å². The smallest absolute Gasteiger partial charge is 0.273 e. The average molecular weight is 269 g/mol. The summed E-state index contributed by atoms with van der Waals surface area (Å²) in [5, 5.41) is 4.25. The third-order valence-corrected chi connectivity index (χ3v) is 3.82. The number of nitrogens with zero attached hydrogens (tertiary/aromatic N) is 3. The molecule has 20 heavy (non-hydrogen) atoms. The van der Waals surface area contributed by atoms with Crippen molar-refractivity contribution >= 4 is 11.4 Å². The van der Waals surface area contributed by atoms with Crippen LogP contribution in [0.15, 0.2) is 42.6 Å². The highest BCUT2D eigenvalue weighted by atomic mass is 16.2. The molecule has 3 heterocycles.